The molecule has 1 aromatic carbocycles. The van der Waals surface area contributed by atoms with E-state index in [0.717, 1.165) is 29.6 Å². The van der Waals surface area contributed by atoms with Crippen LogP contribution < -0.4 is 10.6 Å². The molecular formula is C28H27F2N5O3. The third-order valence-electron chi connectivity index (χ3n) is 6.37. The van der Waals surface area contributed by atoms with Gasteiger partial charge in [0.2, 0.25) is 0 Å². The molecule has 1 atom stereocenters. The maximum Gasteiger partial charge on any atom is 0.270 e. The Bertz CT molecular complexity index is 1470. The molecule has 0 radical (unpaired) electrons. The van der Waals surface area contributed by atoms with Crippen LogP contribution in [0, 0.1) is 11.6 Å². The van der Waals surface area contributed by atoms with Crippen molar-refractivity contribution in [1.82, 2.24) is 25.2 Å². The van der Waals surface area contributed by atoms with E-state index in [4.69, 9.17) is 0 Å². The van der Waals surface area contributed by atoms with Gasteiger partial charge in [-0.25, -0.2) is 18.3 Å². The first-order valence-corrected chi connectivity index (χ1v) is 12.2. The van der Waals surface area contributed by atoms with E-state index in [1.165, 1.54) is 22.8 Å². The zero-order valence-corrected chi connectivity index (χ0v) is 20.8. The molecule has 1 aliphatic rings. The van der Waals surface area contributed by atoms with Gasteiger partial charge in [0, 0.05) is 30.3 Å². The summed E-state index contributed by atoms with van der Waals surface area (Å²) in [6, 6.07) is 6.00. The summed E-state index contributed by atoms with van der Waals surface area (Å²) in [5, 5.41) is 9.77. The first kappa shape index (κ1) is 26.6. The average molecular weight is 520 g/mol. The fourth-order valence-electron chi connectivity index (χ4n) is 4.35. The van der Waals surface area contributed by atoms with Gasteiger partial charge in [0.05, 0.1) is 6.20 Å². The molecule has 0 fully saturated rings. The number of nitrogens with one attached hydrogen (secondary N) is 2. The second-order valence-corrected chi connectivity index (χ2v) is 8.91. The Morgan fingerprint density at radius 3 is 2.74 bits per heavy atom. The second-order valence-electron chi connectivity index (χ2n) is 8.91. The number of allylic oxidation sites excluding steroid dienone is 4. The molecule has 1 unspecified atom stereocenters. The van der Waals surface area contributed by atoms with Crippen LogP contribution in [0.4, 0.5) is 8.78 Å². The summed E-state index contributed by atoms with van der Waals surface area (Å²) in [6.45, 7) is 6.04. The van der Waals surface area contributed by atoms with Crippen molar-refractivity contribution in [3.05, 3.63) is 101 Å². The van der Waals surface area contributed by atoms with Gasteiger partial charge in [0.1, 0.15) is 17.7 Å². The lowest BCUT2D eigenvalue weighted by Gasteiger charge is -2.18. The predicted molar refractivity (Wildman–Crippen MR) is 137 cm³/mol. The van der Waals surface area contributed by atoms with Gasteiger partial charge in [-0.2, -0.15) is 5.10 Å². The van der Waals surface area contributed by atoms with Crippen molar-refractivity contribution < 1.29 is 23.2 Å². The van der Waals surface area contributed by atoms with Gasteiger partial charge < -0.3 is 10.6 Å². The number of hydrogen-bond donors (Lipinski definition) is 2. The average Bonchev–Trinajstić information content (AvgIpc) is 3.41. The van der Waals surface area contributed by atoms with Crippen LogP contribution in [-0.2, 0) is 11.3 Å². The Hall–Kier alpha value is -4.47. The molecule has 2 aromatic heterocycles. The second kappa shape index (κ2) is 11.7. The molecule has 8 nitrogen and oxygen atoms in total. The topological polar surface area (TPSA) is 105 Å². The number of fused-ring (bicyclic) bond motifs is 1. The number of hydrogen-bond acceptors (Lipinski definition) is 5. The van der Waals surface area contributed by atoms with Gasteiger partial charge in [-0.15, -0.1) is 0 Å². The minimum absolute atomic E-state index is 0.0270. The fourth-order valence-corrected chi connectivity index (χ4v) is 4.35. The summed E-state index contributed by atoms with van der Waals surface area (Å²) < 4.78 is 28.0. The van der Waals surface area contributed by atoms with E-state index in [1.54, 1.807) is 12.1 Å². The molecular weight excluding hydrogens is 492 g/mol. The van der Waals surface area contributed by atoms with E-state index in [2.05, 4.69) is 27.3 Å². The summed E-state index contributed by atoms with van der Waals surface area (Å²) in [7, 11) is 0. The monoisotopic (exact) mass is 519 g/mol. The van der Waals surface area contributed by atoms with E-state index in [1.807, 2.05) is 13.0 Å². The summed E-state index contributed by atoms with van der Waals surface area (Å²) in [5.41, 5.74) is 3.12. The van der Waals surface area contributed by atoms with Gasteiger partial charge in [-0.1, -0.05) is 37.3 Å². The molecule has 0 aliphatic heterocycles. The van der Waals surface area contributed by atoms with Crippen molar-refractivity contribution >= 4 is 23.7 Å². The lowest BCUT2D eigenvalue weighted by Crippen LogP contribution is -2.36. The largest absolute Gasteiger partial charge is 0.348 e. The van der Waals surface area contributed by atoms with Gasteiger partial charge in [-0.3, -0.25) is 14.4 Å². The zero-order chi connectivity index (χ0) is 27.2. The number of aldehydes is 1. The molecule has 0 bridgehead atoms. The molecule has 0 saturated heterocycles. The number of benzene rings is 1. The van der Waals surface area contributed by atoms with E-state index in [9.17, 15) is 23.2 Å². The number of amides is 2. The van der Waals surface area contributed by atoms with Crippen LogP contribution in [0.25, 0.3) is 5.65 Å². The highest BCUT2D eigenvalue weighted by atomic mass is 19.2. The van der Waals surface area contributed by atoms with Crippen molar-refractivity contribution in [2.45, 2.75) is 45.2 Å². The lowest BCUT2D eigenvalue weighted by molar-refractivity contribution is -0.104. The Kier molecular flexibility index (Phi) is 8.20. The van der Waals surface area contributed by atoms with Crippen molar-refractivity contribution in [3.63, 3.8) is 0 Å². The SMILES string of the molecule is C=C1CCC(NC(=O)c2cc(C(=O)NCc3ccc(F)c(F)c3)nc3ccnn23)C/C=C\C(C=O)=C/1CC. The van der Waals surface area contributed by atoms with Crippen LogP contribution in [0.15, 0.2) is 72.0 Å². The normalized spacial score (nSPS) is 18.8. The smallest absolute Gasteiger partial charge is 0.270 e. The summed E-state index contributed by atoms with van der Waals surface area (Å²) >= 11 is 0. The fraction of sp³-hybridized carbons (Fsp3) is 0.250. The zero-order valence-electron chi connectivity index (χ0n) is 20.8. The number of carbonyl (C=O) groups excluding carboxylic acids is 3. The molecule has 38 heavy (non-hydrogen) atoms. The summed E-state index contributed by atoms with van der Waals surface area (Å²) in [4.78, 5) is 42.0. The Balaban J connectivity index is 1.51. The van der Waals surface area contributed by atoms with Crippen LogP contribution >= 0.6 is 0 Å². The predicted octanol–water partition coefficient (Wildman–Crippen LogP) is 4.24. The van der Waals surface area contributed by atoms with Crippen LogP contribution in [0.2, 0.25) is 0 Å². The highest BCUT2D eigenvalue weighted by Crippen LogP contribution is 2.24. The molecule has 10 heteroatoms. The molecule has 2 heterocycles. The Morgan fingerprint density at radius 1 is 1.18 bits per heavy atom. The number of carbonyl (C=O) groups is 3. The van der Waals surface area contributed by atoms with Crippen LogP contribution in [0.3, 0.4) is 0 Å². The summed E-state index contributed by atoms with van der Waals surface area (Å²) in [6.07, 6.45) is 8.31. The molecule has 196 valence electrons. The minimum Gasteiger partial charge on any atom is -0.348 e. The molecule has 0 saturated carbocycles. The van der Waals surface area contributed by atoms with Crippen LogP contribution in [-0.4, -0.2) is 38.7 Å². The maximum atomic E-state index is 13.5. The van der Waals surface area contributed by atoms with Gasteiger partial charge >= 0.3 is 0 Å². The lowest BCUT2D eigenvalue weighted by atomic mass is 9.95. The number of rotatable bonds is 7. The van der Waals surface area contributed by atoms with Crippen molar-refractivity contribution in [2.24, 2.45) is 0 Å². The quantitative estimate of drug-likeness (QED) is 0.455. The number of nitrogens with zero attached hydrogens (tertiary/aromatic N) is 3. The van der Waals surface area contributed by atoms with E-state index >= 15 is 0 Å². The Labute approximate surface area is 218 Å². The third-order valence-corrected chi connectivity index (χ3v) is 6.37. The molecule has 2 N–H and O–H groups in total. The van der Waals surface area contributed by atoms with E-state index in [-0.39, 0.29) is 24.0 Å². The van der Waals surface area contributed by atoms with Gasteiger partial charge in [0.25, 0.3) is 11.8 Å². The highest BCUT2D eigenvalue weighted by Gasteiger charge is 2.21. The number of aromatic nitrogens is 3. The van der Waals surface area contributed by atoms with Crippen molar-refractivity contribution in [1.29, 1.82) is 0 Å². The molecule has 0 spiro atoms. The van der Waals surface area contributed by atoms with Crippen LogP contribution in [0.5, 0.6) is 0 Å². The molecule has 4 rings (SSSR count). The van der Waals surface area contributed by atoms with Crippen LogP contribution in [0.1, 0.15) is 59.1 Å². The third kappa shape index (κ3) is 5.91. The summed E-state index contributed by atoms with van der Waals surface area (Å²) in [5.74, 6) is -3.02. The first-order chi connectivity index (χ1) is 18.3. The standard InChI is InChI=1S/C28H27F2N5O3/c1-3-21-17(2)7-9-20(6-4-5-19(21)16-36)33-28(38)25-14-24(34-26-11-12-32-35(25)26)27(37)31-15-18-8-10-22(29)23(30)13-18/h4-5,8,10-14,16,20H,2-3,6-7,9,15H2,1H3,(H,31,37)(H,33,38)/b5-4-,21-19+. The minimum atomic E-state index is -1.01. The maximum absolute atomic E-state index is 13.5. The van der Waals surface area contributed by atoms with Crippen molar-refractivity contribution in [2.75, 3.05) is 0 Å². The first-order valence-electron chi connectivity index (χ1n) is 12.2. The highest BCUT2D eigenvalue weighted by molar-refractivity contribution is 5.98. The molecule has 3 aromatic rings. The van der Waals surface area contributed by atoms with Gasteiger partial charge in [-0.05, 0) is 49.0 Å². The molecule has 2 amide bonds. The van der Waals surface area contributed by atoms with Crippen molar-refractivity contribution in [3.8, 4) is 0 Å². The number of halogens is 2. The Morgan fingerprint density at radius 2 is 2.00 bits per heavy atom. The van der Waals surface area contributed by atoms with E-state index in [0.29, 0.717) is 42.5 Å². The van der Waals surface area contributed by atoms with E-state index < -0.39 is 23.4 Å². The van der Waals surface area contributed by atoms with Gasteiger partial charge in [0.15, 0.2) is 17.3 Å². The molecule has 1 aliphatic carbocycles.